The summed E-state index contributed by atoms with van der Waals surface area (Å²) in [6.07, 6.45) is 4.79. The van der Waals surface area contributed by atoms with Crippen molar-refractivity contribution in [3.63, 3.8) is 0 Å². The quantitative estimate of drug-likeness (QED) is 0.778. The maximum absolute atomic E-state index is 5.93. The fraction of sp³-hybridized carbons (Fsp3) is 0.692. The smallest absolute Gasteiger partial charge is 0.154 e. The molecule has 0 amide bonds. The zero-order valence-electron chi connectivity index (χ0n) is 10.8. The van der Waals surface area contributed by atoms with Crippen LogP contribution in [0, 0.1) is 0 Å². The molecule has 1 saturated heterocycles. The number of halogens is 1. The number of anilines is 1. The average molecular weight is 267 g/mol. The van der Waals surface area contributed by atoms with Crippen LogP contribution in [0.3, 0.4) is 0 Å². The minimum absolute atomic E-state index is 0.511. The van der Waals surface area contributed by atoms with Crippen molar-refractivity contribution in [3.05, 3.63) is 16.8 Å². The van der Waals surface area contributed by atoms with Crippen LogP contribution < -0.4 is 4.90 Å². The van der Waals surface area contributed by atoms with Crippen molar-refractivity contribution in [1.29, 1.82) is 0 Å². The number of aromatic nitrogens is 2. The van der Waals surface area contributed by atoms with Crippen molar-refractivity contribution < 1.29 is 0 Å². The van der Waals surface area contributed by atoms with E-state index in [1.165, 1.54) is 31.4 Å². The van der Waals surface area contributed by atoms with Crippen LogP contribution >= 0.6 is 11.6 Å². The Morgan fingerprint density at radius 1 is 1.28 bits per heavy atom. The van der Waals surface area contributed by atoms with E-state index in [0.717, 1.165) is 25.3 Å². The molecular weight excluding hydrogens is 248 g/mol. The van der Waals surface area contributed by atoms with Gasteiger partial charge in [-0.3, -0.25) is 0 Å². The van der Waals surface area contributed by atoms with Crippen LogP contribution in [0.15, 0.2) is 6.07 Å². The molecule has 3 heterocycles. The number of hydrogen-bond acceptors (Lipinski definition) is 4. The second-order valence-corrected chi connectivity index (χ2v) is 5.76. The van der Waals surface area contributed by atoms with Crippen LogP contribution in [-0.4, -0.2) is 47.8 Å². The molecule has 0 N–H and O–H groups in total. The topological polar surface area (TPSA) is 32.3 Å². The lowest BCUT2D eigenvalue weighted by molar-refractivity contribution is 0.242. The van der Waals surface area contributed by atoms with Gasteiger partial charge in [-0.15, -0.1) is 10.2 Å². The first-order valence-corrected chi connectivity index (χ1v) is 7.09. The van der Waals surface area contributed by atoms with E-state index in [1.807, 2.05) is 6.07 Å². The number of rotatable bonds is 1. The standard InChI is InChI=1S/C13H19ClN4/c1-17-6-3-5-11(9-17)18-7-2-4-10-8-12(14)15-16-13(10)18/h8,11H,2-7,9H2,1H3/t11-/m1/s1. The minimum atomic E-state index is 0.511. The normalized spacial score (nSPS) is 25.0. The molecule has 0 aliphatic carbocycles. The van der Waals surface area contributed by atoms with Gasteiger partial charge in [0, 0.05) is 19.1 Å². The van der Waals surface area contributed by atoms with Crippen LogP contribution in [0.4, 0.5) is 5.82 Å². The third kappa shape index (κ3) is 2.31. The van der Waals surface area contributed by atoms with Crippen molar-refractivity contribution in [1.82, 2.24) is 15.1 Å². The molecule has 0 radical (unpaired) electrons. The first kappa shape index (κ1) is 12.2. The molecule has 4 nitrogen and oxygen atoms in total. The number of fused-ring (bicyclic) bond motifs is 1. The van der Waals surface area contributed by atoms with Gasteiger partial charge < -0.3 is 9.80 Å². The zero-order valence-corrected chi connectivity index (χ0v) is 11.5. The molecule has 1 fully saturated rings. The van der Waals surface area contributed by atoms with Gasteiger partial charge in [0.2, 0.25) is 0 Å². The number of likely N-dealkylation sites (N-methyl/N-ethyl adjacent to an activating group) is 1. The fourth-order valence-corrected chi connectivity index (χ4v) is 3.29. The lowest BCUT2D eigenvalue weighted by atomic mass is 9.99. The molecule has 1 aromatic rings. The molecule has 0 saturated carbocycles. The molecule has 2 aliphatic heterocycles. The summed E-state index contributed by atoms with van der Waals surface area (Å²) in [5.74, 6) is 1.06. The highest BCUT2D eigenvalue weighted by atomic mass is 35.5. The van der Waals surface area contributed by atoms with Crippen LogP contribution in [0.1, 0.15) is 24.8 Å². The van der Waals surface area contributed by atoms with Crippen LogP contribution in [0.5, 0.6) is 0 Å². The predicted octanol–water partition coefficient (Wildman–Crippen LogP) is 1.98. The molecule has 98 valence electrons. The van der Waals surface area contributed by atoms with E-state index in [-0.39, 0.29) is 0 Å². The van der Waals surface area contributed by atoms with Crippen LogP contribution in [0.25, 0.3) is 0 Å². The summed E-state index contributed by atoms with van der Waals surface area (Å²) in [5, 5.41) is 8.85. The highest BCUT2D eigenvalue weighted by Crippen LogP contribution is 2.29. The van der Waals surface area contributed by atoms with Crippen LogP contribution in [0.2, 0.25) is 5.15 Å². The summed E-state index contributed by atoms with van der Waals surface area (Å²) in [7, 11) is 2.20. The van der Waals surface area contributed by atoms with Gasteiger partial charge in [-0.2, -0.15) is 0 Å². The molecule has 0 aromatic carbocycles. The average Bonchev–Trinajstić information content (AvgIpc) is 2.37. The molecule has 0 unspecified atom stereocenters. The summed E-state index contributed by atoms with van der Waals surface area (Å²) < 4.78 is 0. The zero-order chi connectivity index (χ0) is 12.5. The Hall–Kier alpha value is -0.870. The molecule has 18 heavy (non-hydrogen) atoms. The van der Waals surface area contributed by atoms with Crippen molar-refractivity contribution in [2.45, 2.75) is 31.7 Å². The Kier molecular flexibility index (Phi) is 3.39. The minimum Gasteiger partial charge on any atom is -0.351 e. The van der Waals surface area contributed by atoms with Gasteiger partial charge in [-0.1, -0.05) is 11.6 Å². The second kappa shape index (κ2) is 5.02. The van der Waals surface area contributed by atoms with E-state index in [1.54, 1.807) is 0 Å². The van der Waals surface area contributed by atoms with E-state index in [4.69, 9.17) is 11.6 Å². The maximum Gasteiger partial charge on any atom is 0.154 e. The Labute approximate surface area is 113 Å². The SMILES string of the molecule is CN1CCC[C@@H](N2CCCc3cc(Cl)nnc32)C1. The molecule has 1 aromatic heterocycles. The van der Waals surface area contributed by atoms with Crippen molar-refractivity contribution in [2.75, 3.05) is 31.6 Å². The van der Waals surface area contributed by atoms with Crippen molar-refractivity contribution in [2.24, 2.45) is 0 Å². The van der Waals surface area contributed by atoms with Gasteiger partial charge in [0.05, 0.1) is 0 Å². The summed E-state index contributed by atoms with van der Waals surface area (Å²) in [5.41, 5.74) is 1.26. The molecule has 3 rings (SSSR count). The molecular formula is C13H19ClN4. The maximum atomic E-state index is 5.93. The summed E-state index contributed by atoms with van der Waals surface area (Å²) in [6, 6.07) is 2.56. The Bertz CT molecular complexity index is 437. The third-order valence-electron chi connectivity index (χ3n) is 3.98. The number of aryl methyl sites for hydroxylation is 1. The van der Waals surface area contributed by atoms with Crippen molar-refractivity contribution >= 4 is 17.4 Å². The summed E-state index contributed by atoms with van der Waals surface area (Å²) >= 11 is 5.93. The molecule has 0 bridgehead atoms. The van der Waals surface area contributed by atoms with Crippen LogP contribution in [-0.2, 0) is 6.42 Å². The Morgan fingerprint density at radius 3 is 3.00 bits per heavy atom. The lowest BCUT2D eigenvalue weighted by Crippen LogP contribution is -2.49. The number of hydrogen-bond donors (Lipinski definition) is 0. The monoisotopic (exact) mass is 266 g/mol. The number of piperidine rings is 1. The van der Waals surface area contributed by atoms with E-state index >= 15 is 0 Å². The first-order valence-electron chi connectivity index (χ1n) is 6.71. The molecule has 5 heteroatoms. The van der Waals surface area contributed by atoms with E-state index in [9.17, 15) is 0 Å². The summed E-state index contributed by atoms with van der Waals surface area (Å²) in [4.78, 5) is 4.85. The number of nitrogens with zero attached hydrogens (tertiary/aromatic N) is 4. The molecule has 2 aliphatic rings. The van der Waals surface area contributed by atoms with Gasteiger partial charge in [-0.25, -0.2) is 0 Å². The van der Waals surface area contributed by atoms with Gasteiger partial charge in [-0.05, 0) is 50.9 Å². The van der Waals surface area contributed by atoms with Gasteiger partial charge in [0.15, 0.2) is 11.0 Å². The third-order valence-corrected chi connectivity index (χ3v) is 4.16. The van der Waals surface area contributed by atoms with Gasteiger partial charge >= 0.3 is 0 Å². The lowest BCUT2D eigenvalue weighted by Gasteiger charge is -2.41. The highest BCUT2D eigenvalue weighted by Gasteiger charge is 2.28. The van der Waals surface area contributed by atoms with E-state index in [2.05, 4.69) is 27.0 Å². The van der Waals surface area contributed by atoms with E-state index in [0.29, 0.717) is 11.2 Å². The summed E-state index contributed by atoms with van der Waals surface area (Å²) in [6.45, 7) is 3.44. The fourth-order valence-electron chi connectivity index (χ4n) is 3.12. The predicted molar refractivity (Wildman–Crippen MR) is 73.2 cm³/mol. The largest absolute Gasteiger partial charge is 0.351 e. The van der Waals surface area contributed by atoms with E-state index < -0.39 is 0 Å². The van der Waals surface area contributed by atoms with Crippen molar-refractivity contribution in [3.8, 4) is 0 Å². The highest BCUT2D eigenvalue weighted by molar-refractivity contribution is 6.29. The second-order valence-electron chi connectivity index (χ2n) is 5.37. The molecule has 1 atom stereocenters. The Morgan fingerprint density at radius 2 is 2.17 bits per heavy atom. The molecule has 0 spiro atoms. The van der Waals surface area contributed by atoms with Gasteiger partial charge in [0.25, 0.3) is 0 Å². The van der Waals surface area contributed by atoms with Gasteiger partial charge in [0.1, 0.15) is 0 Å². The first-order chi connectivity index (χ1) is 8.74. The number of likely N-dealkylation sites (tertiary alicyclic amines) is 1. The Balaban J connectivity index is 1.86.